The van der Waals surface area contributed by atoms with Gasteiger partial charge in [0.05, 0.1) is 10.6 Å². The van der Waals surface area contributed by atoms with E-state index in [9.17, 15) is 18.0 Å². The van der Waals surface area contributed by atoms with E-state index in [-0.39, 0.29) is 22.8 Å². The van der Waals surface area contributed by atoms with Crippen LogP contribution in [0.25, 0.3) is 0 Å². The molecule has 0 spiro atoms. The van der Waals surface area contributed by atoms with Gasteiger partial charge in [0, 0.05) is 37.7 Å². The van der Waals surface area contributed by atoms with Crippen molar-refractivity contribution in [2.24, 2.45) is 5.92 Å². The molecule has 3 rings (SSSR count). The average Bonchev–Trinajstić information content (AvgIpc) is 2.74. The minimum atomic E-state index is -4.48. The number of piperidine rings is 1. The maximum atomic E-state index is 12.8. The van der Waals surface area contributed by atoms with E-state index in [1.165, 1.54) is 5.56 Å². The summed E-state index contributed by atoms with van der Waals surface area (Å²) in [5, 5.41) is 3.04. The lowest BCUT2D eigenvalue weighted by molar-refractivity contribution is -0.137. The number of benzene rings is 1. The minimum absolute atomic E-state index is 0.0236. The predicted molar refractivity (Wildman–Crippen MR) is 112 cm³/mol. The minimum Gasteiger partial charge on any atom is -0.355 e. The molecule has 0 aliphatic carbocycles. The Kier molecular flexibility index (Phi) is 7.23. The van der Waals surface area contributed by atoms with Gasteiger partial charge in [-0.05, 0) is 30.9 Å². The molecule has 0 saturated carbocycles. The zero-order valence-corrected chi connectivity index (χ0v) is 17.5. The third-order valence-electron chi connectivity index (χ3n) is 5.60. The molecule has 1 fully saturated rings. The van der Waals surface area contributed by atoms with Crippen LogP contribution in [0.1, 0.15) is 43.2 Å². The van der Waals surface area contributed by atoms with Gasteiger partial charge in [0.25, 0.3) is 0 Å². The number of hydrogen-bond donors (Lipinski definition) is 1. The summed E-state index contributed by atoms with van der Waals surface area (Å²) in [5.41, 5.74) is 0.340. The summed E-state index contributed by atoms with van der Waals surface area (Å²) < 4.78 is 38.4. The average molecular weight is 440 g/mol. The fourth-order valence-corrected chi connectivity index (χ4v) is 4.05. The fourth-order valence-electron chi connectivity index (χ4n) is 3.76. The van der Waals surface area contributed by atoms with Crippen molar-refractivity contribution in [3.8, 4) is 0 Å². The molecule has 1 N–H and O–H groups in total. The second-order valence-electron chi connectivity index (χ2n) is 7.55. The molecule has 0 radical (unpaired) electrons. The van der Waals surface area contributed by atoms with Crippen LogP contribution in [0.5, 0.6) is 0 Å². The van der Waals surface area contributed by atoms with E-state index in [0.29, 0.717) is 38.3 Å². The Labute approximate surface area is 179 Å². The highest BCUT2D eigenvalue weighted by Crippen LogP contribution is 2.34. The summed E-state index contributed by atoms with van der Waals surface area (Å²) >= 11 is 6.04. The Bertz CT molecular complexity index is 852. The third-order valence-corrected chi connectivity index (χ3v) is 5.88. The number of pyridine rings is 1. The molecular formula is C22H25ClF3N3O. The molecule has 162 valence electrons. The third kappa shape index (κ3) is 5.45. The lowest BCUT2D eigenvalue weighted by atomic mass is 9.94. The smallest absolute Gasteiger partial charge is 0.355 e. The van der Waals surface area contributed by atoms with Crippen LogP contribution in [0.15, 0.2) is 42.6 Å². The predicted octanol–water partition coefficient (Wildman–Crippen LogP) is 5.28. The molecule has 1 atom stereocenters. The number of carbonyl (C=O) groups is 1. The molecule has 2 heterocycles. The molecule has 1 amide bonds. The van der Waals surface area contributed by atoms with Crippen LogP contribution in [0.4, 0.5) is 19.0 Å². The van der Waals surface area contributed by atoms with Crippen molar-refractivity contribution in [2.75, 3.05) is 24.5 Å². The quantitative estimate of drug-likeness (QED) is 0.666. The molecule has 1 saturated heterocycles. The van der Waals surface area contributed by atoms with Gasteiger partial charge >= 0.3 is 6.18 Å². The van der Waals surface area contributed by atoms with Gasteiger partial charge in [-0.3, -0.25) is 4.79 Å². The molecule has 1 aromatic heterocycles. The number of hydrogen-bond acceptors (Lipinski definition) is 3. The molecule has 30 heavy (non-hydrogen) atoms. The standard InChI is InChI=1S/C22H25ClF3N3O/c1-2-15(16-6-4-3-5-7-16)13-28-21(30)17-8-10-29(11-9-17)20-19(23)12-18(14-27-20)22(24,25)26/h3-7,12,14-15,17H,2,8-11,13H2,1H3,(H,28,30). The lowest BCUT2D eigenvalue weighted by Gasteiger charge is -2.33. The summed E-state index contributed by atoms with van der Waals surface area (Å²) in [6, 6.07) is 11.0. The number of alkyl halides is 3. The van der Waals surface area contributed by atoms with E-state index in [2.05, 4.69) is 29.4 Å². The van der Waals surface area contributed by atoms with Crippen molar-refractivity contribution >= 4 is 23.3 Å². The molecule has 1 aliphatic heterocycles. The fraction of sp³-hybridized carbons (Fsp3) is 0.455. The van der Waals surface area contributed by atoms with Crippen LogP contribution in [0, 0.1) is 5.92 Å². The summed E-state index contributed by atoms with van der Waals surface area (Å²) in [5.74, 6) is 0.502. The molecule has 0 bridgehead atoms. The van der Waals surface area contributed by atoms with Gasteiger partial charge in [0.1, 0.15) is 5.82 Å². The van der Waals surface area contributed by atoms with Crippen LogP contribution >= 0.6 is 11.6 Å². The highest BCUT2D eigenvalue weighted by Gasteiger charge is 2.33. The molecule has 1 aliphatic rings. The summed E-state index contributed by atoms with van der Waals surface area (Å²) in [6.45, 7) is 3.73. The van der Waals surface area contributed by atoms with Crippen LogP contribution in [-0.2, 0) is 11.0 Å². The second-order valence-corrected chi connectivity index (χ2v) is 7.96. The Morgan fingerprint density at radius 2 is 1.93 bits per heavy atom. The Balaban J connectivity index is 1.53. The second kappa shape index (κ2) is 9.69. The highest BCUT2D eigenvalue weighted by atomic mass is 35.5. The SMILES string of the molecule is CCC(CNC(=O)C1CCN(c2ncc(C(F)(F)F)cc2Cl)CC1)c1ccccc1. The number of nitrogens with one attached hydrogen (secondary N) is 1. The summed E-state index contributed by atoms with van der Waals surface area (Å²) in [6.07, 6.45) is -1.54. The van der Waals surface area contributed by atoms with E-state index in [4.69, 9.17) is 11.6 Å². The molecule has 1 unspecified atom stereocenters. The molecule has 4 nitrogen and oxygen atoms in total. The van der Waals surface area contributed by atoms with E-state index in [1.807, 2.05) is 23.1 Å². The molecule has 8 heteroatoms. The molecule has 2 aromatic rings. The number of rotatable bonds is 6. The Hall–Kier alpha value is -2.28. The van der Waals surface area contributed by atoms with Crippen LogP contribution in [0.3, 0.4) is 0 Å². The normalized spacial score (nSPS) is 16.4. The summed E-state index contributed by atoms with van der Waals surface area (Å²) in [4.78, 5) is 18.4. The van der Waals surface area contributed by atoms with E-state index in [0.717, 1.165) is 18.7 Å². The Morgan fingerprint density at radius 1 is 1.27 bits per heavy atom. The van der Waals surface area contributed by atoms with E-state index < -0.39 is 11.7 Å². The zero-order valence-electron chi connectivity index (χ0n) is 16.8. The van der Waals surface area contributed by atoms with Crippen molar-refractivity contribution < 1.29 is 18.0 Å². The van der Waals surface area contributed by atoms with Crippen molar-refractivity contribution in [3.05, 3.63) is 58.7 Å². The largest absolute Gasteiger partial charge is 0.417 e. The number of amides is 1. The maximum Gasteiger partial charge on any atom is 0.417 e. The Morgan fingerprint density at radius 3 is 2.50 bits per heavy atom. The maximum absolute atomic E-state index is 12.8. The lowest BCUT2D eigenvalue weighted by Crippen LogP contribution is -2.41. The number of nitrogens with zero attached hydrogens (tertiary/aromatic N) is 2. The monoisotopic (exact) mass is 439 g/mol. The van der Waals surface area contributed by atoms with Gasteiger partial charge in [0.2, 0.25) is 5.91 Å². The number of carbonyl (C=O) groups excluding carboxylic acids is 1. The summed E-state index contributed by atoms with van der Waals surface area (Å²) in [7, 11) is 0. The molecular weight excluding hydrogens is 415 g/mol. The van der Waals surface area contributed by atoms with Crippen molar-refractivity contribution in [2.45, 2.75) is 38.3 Å². The van der Waals surface area contributed by atoms with Crippen molar-refractivity contribution in [1.29, 1.82) is 0 Å². The van der Waals surface area contributed by atoms with Crippen molar-refractivity contribution in [3.63, 3.8) is 0 Å². The number of halogens is 4. The van der Waals surface area contributed by atoms with Crippen molar-refractivity contribution in [1.82, 2.24) is 10.3 Å². The van der Waals surface area contributed by atoms with E-state index >= 15 is 0 Å². The first-order valence-electron chi connectivity index (χ1n) is 10.1. The van der Waals surface area contributed by atoms with Gasteiger partial charge in [-0.1, -0.05) is 48.9 Å². The first-order valence-corrected chi connectivity index (χ1v) is 10.5. The number of anilines is 1. The van der Waals surface area contributed by atoms with Gasteiger partial charge < -0.3 is 10.2 Å². The topological polar surface area (TPSA) is 45.2 Å². The number of aromatic nitrogens is 1. The van der Waals surface area contributed by atoms with Crippen LogP contribution < -0.4 is 10.2 Å². The highest BCUT2D eigenvalue weighted by molar-refractivity contribution is 6.33. The van der Waals surface area contributed by atoms with Crippen LogP contribution in [-0.4, -0.2) is 30.5 Å². The first-order chi connectivity index (χ1) is 14.3. The first kappa shape index (κ1) is 22.4. The van der Waals surface area contributed by atoms with Gasteiger partial charge in [-0.15, -0.1) is 0 Å². The van der Waals surface area contributed by atoms with Crippen LogP contribution in [0.2, 0.25) is 5.02 Å². The van der Waals surface area contributed by atoms with E-state index in [1.54, 1.807) is 0 Å². The zero-order chi connectivity index (χ0) is 21.7. The molecule has 1 aromatic carbocycles. The van der Waals surface area contributed by atoms with Gasteiger partial charge in [0.15, 0.2) is 0 Å². The van der Waals surface area contributed by atoms with Gasteiger partial charge in [-0.2, -0.15) is 13.2 Å². The van der Waals surface area contributed by atoms with Gasteiger partial charge in [-0.25, -0.2) is 4.98 Å².